The predicted octanol–water partition coefficient (Wildman–Crippen LogP) is 3.12. The van der Waals surface area contributed by atoms with Crippen LogP contribution in [0.4, 0.5) is 26.3 Å². The Kier molecular flexibility index (Phi) is 5.05. The largest absolute Gasteiger partial charge is 0.525 e. The van der Waals surface area contributed by atoms with E-state index in [-0.39, 0.29) is 12.0 Å². The van der Waals surface area contributed by atoms with Crippen molar-refractivity contribution in [2.75, 3.05) is 0 Å². The molecule has 0 aromatic heterocycles. The number of benzene rings is 1. The normalized spacial score (nSPS) is 13.8. The molecule has 0 bridgehead atoms. The van der Waals surface area contributed by atoms with E-state index >= 15 is 0 Å². The number of hydrogen-bond donors (Lipinski definition) is 1. The zero-order chi connectivity index (χ0) is 16.3. The zero-order valence-corrected chi connectivity index (χ0v) is 10.0. The average molecular weight is 318 g/mol. The van der Waals surface area contributed by atoms with Gasteiger partial charge in [0.15, 0.2) is 0 Å². The molecule has 118 valence electrons. The molecule has 0 saturated heterocycles. The number of rotatable bonds is 6. The van der Waals surface area contributed by atoms with Crippen LogP contribution in [-0.4, -0.2) is 29.9 Å². The highest BCUT2D eigenvalue weighted by Gasteiger charge is 2.50. The van der Waals surface area contributed by atoms with E-state index in [4.69, 9.17) is 5.11 Å². The molecule has 0 radical (unpaired) electrons. The maximum absolute atomic E-state index is 13.0. The van der Waals surface area contributed by atoms with Gasteiger partial charge in [-0.15, -0.1) is 13.2 Å². The topological polar surface area (TPSA) is 55.8 Å². The maximum Gasteiger partial charge on any atom is 0.525 e. The first-order chi connectivity index (χ1) is 9.49. The minimum atomic E-state index is -5.59. The number of hydrogen-bond acceptors (Lipinski definition) is 3. The Balaban J connectivity index is 2.72. The first-order valence-corrected chi connectivity index (χ1v) is 5.26. The molecule has 0 fully saturated rings. The Morgan fingerprint density at radius 1 is 1.14 bits per heavy atom. The van der Waals surface area contributed by atoms with Gasteiger partial charge in [-0.05, 0) is 17.7 Å². The van der Waals surface area contributed by atoms with E-state index in [1.54, 1.807) is 0 Å². The molecule has 10 heteroatoms. The lowest BCUT2D eigenvalue weighted by molar-refractivity contribution is -0.411. The lowest BCUT2D eigenvalue weighted by atomic mass is 10.1. The van der Waals surface area contributed by atoms with E-state index < -0.39 is 30.5 Å². The summed E-state index contributed by atoms with van der Waals surface area (Å²) in [7, 11) is 0. The van der Waals surface area contributed by atoms with Crippen LogP contribution >= 0.6 is 0 Å². The molecule has 1 rings (SSSR count). The number of halogens is 6. The fourth-order valence-electron chi connectivity index (χ4n) is 1.24. The zero-order valence-electron chi connectivity index (χ0n) is 10.0. The van der Waals surface area contributed by atoms with Crippen LogP contribution < -0.4 is 4.74 Å². The van der Waals surface area contributed by atoms with Crippen molar-refractivity contribution in [3.8, 4) is 5.75 Å². The van der Waals surface area contributed by atoms with Crippen molar-refractivity contribution in [1.29, 1.82) is 0 Å². The molecule has 0 unspecified atom stereocenters. The minimum Gasteiger partial charge on any atom is -0.481 e. The fourth-order valence-corrected chi connectivity index (χ4v) is 1.24. The second-order valence-corrected chi connectivity index (χ2v) is 3.76. The van der Waals surface area contributed by atoms with Crippen molar-refractivity contribution in [3.63, 3.8) is 0 Å². The Labute approximate surface area is 113 Å². The number of carboxylic acids is 1. The van der Waals surface area contributed by atoms with E-state index in [1.165, 1.54) is 0 Å². The van der Waals surface area contributed by atoms with Crippen molar-refractivity contribution in [1.82, 2.24) is 0 Å². The molecule has 0 aliphatic carbocycles. The summed E-state index contributed by atoms with van der Waals surface area (Å²) in [4.78, 5) is 10.4. The standard InChI is InChI=1S/C11H8F6O4/c12-9(21-11(15,16)17)10(13,14)20-7-3-1-6(2-4-7)5-8(18)19/h1-4,9H,5H2,(H,18,19)/t9-/m1/s1. The van der Waals surface area contributed by atoms with Crippen LogP contribution in [0.1, 0.15) is 5.56 Å². The minimum absolute atomic E-state index is 0.238. The number of carbonyl (C=O) groups is 1. The molecule has 0 heterocycles. The average Bonchev–Trinajstić information content (AvgIpc) is 2.28. The highest BCUT2D eigenvalue weighted by molar-refractivity contribution is 5.70. The quantitative estimate of drug-likeness (QED) is 0.819. The summed E-state index contributed by atoms with van der Waals surface area (Å²) < 4.78 is 80.0. The third-order valence-corrected chi connectivity index (χ3v) is 2.03. The van der Waals surface area contributed by atoms with Gasteiger partial charge in [0.2, 0.25) is 0 Å². The third kappa shape index (κ3) is 5.90. The van der Waals surface area contributed by atoms with E-state index in [0.29, 0.717) is 0 Å². The Hall–Kier alpha value is -1.97. The molecule has 1 aromatic carbocycles. The van der Waals surface area contributed by atoms with Gasteiger partial charge in [-0.3, -0.25) is 4.79 Å². The molecule has 0 spiro atoms. The number of ether oxygens (including phenoxy) is 2. The highest BCUT2D eigenvalue weighted by Crippen LogP contribution is 2.31. The third-order valence-electron chi connectivity index (χ3n) is 2.03. The number of carboxylic acid groups (broad SMARTS) is 1. The summed E-state index contributed by atoms with van der Waals surface area (Å²) >= 11 is 0. The van der Waals surface area contributed by atoms with Crippen LogP contribution in [0.5, 0.6) is 5.75 Å². The van der Waals surface area contributed by atoms with E-state index in [0.717, 1.165) is 24.3 Å². The summed E-state index contributed by atoms with van der Waals surface area (Å²) in [6.45, 7) is 0. The predicted molar refractivity (Wildman–Crippen MR) is 55.4 cm³/mol. The fraction of sp³-hybridized carbons (Fsp3) is 0.364. The summed E-state index contributed by atoms with van der Waals surface area (Å²) in [5.74, 6) is -1.82. The van der Waals surface area contributed by atoms with Crippen LogP contribution in [0.3, 0.4) is 0 Å². The number of alkyl halides is 6. The second kappa shape index (κ2) is 6.20. The van der Waals surface area contributed by atoms with Gasteiger partial charge in [-0.1, -0.05) is 12.1 Å². The highest BCUT2D eigenvalue weighted by atomic mass is 19.4. The summed E-state index contributed by atoms with van der Waals surface area (Å²) in [5, 5.41) is 8.48. The van der Waals surface area contributed by atoms with Crippen LogP contribution in [0.25, 0.3) is 0 Å². The molecule has 0 aliphatic heterocycles. The smallest absolute Gasteiger partial charge is 0.481 e. The molecule has 4 nitrogen and oxygen atoms in total. The second-order valence-electron chi connectivity index (χ2n) is 3.76. The van der Waals surface area contributed by atoms with Gasteiger partial charge >= 0.3 is 24.8 Å². The summed E-state index contributed by atoms with van der Waals surface area (Å²) in [5.41, 5.74) is 0.238. The molecule has 1 atom stereocenters. The van der Waals surface area contributed by atoms with E-state index in [2.05, 4.69) is 9.47 Å². The summed E-state index contributed by atoms with van der Waals surface area (Å²) in [6, 6.07) is 3.92. The maximum atomic E-state index is 13.0. The SMILES string of the molecule is O=C(O)Cc1ccc(OC(F)(F)[C@H](F)OC(F)(F)F)cc1. The summed E-state index contributed by atoms with van der Waals surface area (Å²) in [6.07, 6.45) is -14.9. The molecular formula is C11H8F6O4. The lowest BCUT2D eigenvalue weighted by Crippen LogP contribution is -2.41. The van der Waals surface area contributed by atoms with Gasteiger partial charge in [-0.2, -0.15) is 8.78 Å². The Morgan fingerprint density at radius 3 is 2.10 bits per heavy atom. The van der Waals surface area contributed by atoms with Crippen molar-refractivity contribution in [3.05, 3.63) is 29.8 Å². The van der Waals surface area contributed by atoms with Crippen molar-refractivity contribution < 1.29 is 45.7 Å². The molecule has 0 saturated carbocycles. The Morgan fingerprint density at radius 2 is 1.67 bits per heavy atom. The molecule has 21 heavy (non-hydrogen) atoms. The van der Waals surface area contributed by atoms with E-state index in [1.807, 2.05) is 0 Å². The van der Waals surface area contributed by atoms with Crippen LogP contribution in [0.2, 0.25) is 0 Å². The first kappa shape index (κ1) is 17.1. The van der Waals surface area contributed by atoms with Crippen molar-refractivity contribution >= 4 is 5.97 Å². The number of aliphatic carboxylic acids is 1. The van der Waals surface area contributed by atoms with Crippen LogP contribution in [-0.2, 0) is 16.0 Å². The molecule has 1 N–H and O–H groups in total. The van der Waals surface area contributed by atoms with Crippen molar-refractivity contribution in [2.45, 2.75) is 25.2 Å². The molecule has 0 amide bonds. The lowest BCUT2D eigenvalue weighted by Gasteiger charge is -2.22. The van der Waals surface area contributed by atoms with Crippen LogP contribution in [0.15, 0.2) is 24.3 Å². The molecular weight excluding hydrogens is 310 g/mol. The molecule has 0 aliphatic rings. The van der Waals surface area contributed by atoms with E-state index in [9.17, 15) is 31.1 Å². The Bertz CT molecular complexity index is 484. The van der Waals surface area contributed by atoms with Crippen molar-refractivity contribution in [2.24, 2.45) is 0 Å². The van der Waals surface area contributed by atoms with Gasteiger partial charge in [-0.25, -0.2) is 9.13 Å². The van der Waals surface area contributed by atoms with Gasteiger partial charge in [0.25, 0.3) is 0 Å². The first-order valence-electron chi connectivity index (χ1n) is 5.26. The van der Waals surface area contributed by atoms with Gasteiger partial charge in [0.1, 0.15) is 5.75 Å². The van der Waals surface area contributed by atoms with Crippen LogP contribution in [0, 0.1) is 0 Å². The monoisotopic (exact) mass is 318 g/mol. The van der Waals surface area contributed by atoms with Gasteiger partial charge in [0.05, 0.1) is 6.42 Å². The van der Waals surface area contributed by atoms with Gasteiger partial charge in [0, 0.05) is 0 Å². The van der Waals surface area contributed by atoms with Gasteiger partial charge < -0.3 is 9.84 Å². The molecule has 1 aromatic rings.